The number of rotatable bonds is 4. The number of hydrogen-bond acceptors (Lipinski definition) is 4. The van der Waals surface area contributed by atoms with Crippen molar-refractivity contribution in [2.75, 3.05) is 13.4 Å². The van der Waals surface area contributed by atoms with Crippen molar-refractivity contribution >= 4 is 22.9 Å². The number of nitrogens with zero attached hydrogens (tertiary/aromatic N) is 1. The highest BCUT2D eigenvalue weighted by Gasteiger charge is 2.10. The molecule has 0 spiro atoms. The van der Waals surface area contributed by atoms with Crippen molar-refractivity contribution in [1.29, 1.82) is 0 Å². The minimum Gasteiger partial charge on any atom is -0.496 e. The Morgan fingerprint density at radius 3 is 2.81 bits per heavy atom. The van der Waals surface area contributed by atoms with Gasteiger partial charge in [0.2, 0.25) is 0 Å². The molecule has 0 fully saturated rings. The van der Waals surface area contributed by atoms with E-state index in [0.717, 1.165) is 21.7 Å². The van der Waals surface area contributed by atoms with Gasteiger partial charge in [-0.3, -0.25) is 4.57 Å². The van der Waals surface area contributed by atoms with Crippen LogP contribution < -0.4 is 10.5 Å². The van der Waals surface area contributed by atoms with Crippen LogP contribution >= 0.6 is 11.8 Å². The largest absolute Gasteiger partial charge is 0.496 e. The van der Waals surface area contributed by atoms with E-state index in [0.29, 0.717) is 12.1 Å². The second-order valence-corrected chi connectivity index (χ2v) is 5.46. The third-order valence-electron chi connectivity index (χ3n) is 3.36. The van der Waals surface area contributed by atoms with Crippen LogP contribution in [0.2, 0.25) is 0 Å². The minimum atomic E-state index is -0.343. The summed E-state index contributed by atoms with van der Waals surface area (Å²) in [5, 5.41) is 0. The van der Waals surface area contributed by atoms with Gasteiger partial charge in [-0.25, -0.2) is 4.79 Å². The minimum absolute atomic E-state index is 0.343. The average molecular weight is 301 g/mol. The first-order valence-electron chi connectivity index (χ1n) is 6.52. The van der Waals surface area contributed by atoms with E-state index in [1.54, 1.807) is 29.5 Å². The summed E-state index contributed by atoms with van der Waals surface area (Å²) in [5.41, 5.74) is 2.41. The van der Waals surface area contributed by atoms with Crippen LogP contribution in [0.5, 0.6) is 5.75 Å². The number of ether oxygens (including phenoxy) is 1. The molecule has 4 nitrogen and oxygen atoms in total. The fourth-order valence-electron chi connectivity index (χ4n) is 2.33. The fraction of sp³-hybridized carbons (Fsp3) is 0.188. The third kappa shape index (κ3) is 2.56. The molecule has 5 heteroatoms. The van der Waals surface area contributed by atoms with Gasteiger partial charge in [-0.15, -0.1) is 11.8 Å². The number of fused-ring (bicyclic) bond motifs is 1. The first-order chi connectivity index (χ1) is 10.2. The van der Waals surface area contributed by atoms with Crippen molar-refractivity contribution in [3.05, 3.63) is 58.6 Å². The van der Waals surface area contributed by atoms with E-state index in [9.17, 15) is 4.79 Å². The standard InChI is InChI=1S/C16H15NO3S/c1-19-14-9-11(7-8-15(14)21-2)10-17-12-5-3-4-6-13(12)20-16(17)18/h3-9H,10H2,1-2H3. The Morgan fingerprint density at radius 1 is 1.24 bits per heavy atom. The highest BCUT2D eigenvalue weighted by Crippen LogP contribution is 2.28. The molecule has 0 saturated heterocycles. The molecule has 0 saturated carbocycles. The number of hydrogen-bond donors (Lipinski definition) is 0. The normalized spacial score (nSPS) is 11.0. The molecule has 0 aliphatic heterocycles. The van der Waals surface area contributed by atoms with Gasteiger partial charge in [0, 0.05) is 4.90 Å². The lowest BCUT2D eigenvalue weighted by Crippen LogP contribution is -2.14. The van der Waals surface area contributed by atoms with Crippen LogP contribution in [0.4, 0.5) is 0 Å². The van der Waals surface area contributed by atoms with Crippen molar-refractivity contribution in [1.82, 2.24) is 4.57 Å². The van der Waals surface area contributed by atoms with Crippen molar-refractivity contribution in [2.24, 2.45) is 0 Å². The maximum Gasteiger partial charge on any atom is 0.420 e. The van der Waals surface area contributed by atoms with Gasteiger partial charge >= 0.3 is 5.76 Å². The van der Waals surface area contributed by atoms with Gasteiger partial charge in [-0.2, -0.15) is 0 Å². The summed E-state index contributed by atoms with van der Waals surface area (Å²) in [4.78, 5) is 13.1. The van der Waals surface area contributed by atoms with E-state index in [-0.39, 0.29) is 5.76 Å². The zero-order chi connectivity index (χ0) is 14.8. The highest BCUT2D eigenvalue weighted by atomic mass is 32.2. The molecule has 0 N–H and O–H groups in total. The molecule has 1 aromatic heterocycles. The number of methoxy groups -OCH3 is 1. The number of para-hydroxylation sites is 2. The Hall–Kier alpha value is -2.14. The lowest BCUT2D eigenvalue weighted by atomic mass is 10.2. The summed E-state index contributed by atoms with van der Waals surface area (Å²) >= 11 is 1.63. The van der Waals surface area contributed by atoms with E-state index in [2.05, 4.69) is 0 Å². The predicted molar refractivity (Wildman–Crippen MR) is 84.4 cm³/mol. The van der Waals surface area contributed by atoms with Gasteiger partial charge in [-0.05, 0) is 36.1 Å². The molecule has 1 heterocycles. The summed E-state index contributed by atoms with van der Waals surface area (Å²) in [7, 11) is 1.65. The van der Waals surface area contributed by atoms with Crippen molar-refractivity contribution < 1.29 is 9.15 Å². The van der Waals surface area contributed by atoms with Crippen LogP contribution in [0.15, 0.2) is 56.6 Å². The monoisotopic (exact) mass is 301 g/mol. The van der Waals surface area contributed by atoms with E-state index < -0.39 is 0 Å². The van der Waals surface area contributed by atoms with E-state index in [4.69, 9.17) is 9.15 Å². The van der Waals surface area contributed by atoms with Crippen LogP contribution in [0.3, 0.4) is 0 Å². The van der Waals surface area contributed by atoms with Crippen LogP contribution in [-0.2, 0) is 6.54 Å². The van der Waals surface area contributed by atoms with Crippen molar-refractivity contribution in [2.45, 2.75) is 11.4 Å². The van der Waals surface area contributed by atoms with Crippen LogP contribution in [0, 0.1) is 0 Å². The number of oxazole rings is 1. The molecule has 0 aliphatic carbocycles. The second kappa shape index (κ2) is 5.69. The molecule has 3 aromatic rings. The lowest BCUT2D eigenvalue weighted by molar-refractivity contribution is 0.404. The third-order valence-corrected chi connectivity index (χ3v) is 4.14. The second-order valence-electron chi connectivity index (χ2n) is 4.61. The van der Waals surface area contributed by atoms with Crippen molar-refractivity contribution in [3.63, 3.8) is 0 Å². The maximum atomic E-state index is 12.0. The van der Waals surface area contributed by atoms with Gasteiger partial charge in [0.25, 0.3) is 0 Å². The van der Waals surface area contributed by atoms with Crippen LogP contribution in [0.1, 0.15) is 5.56 Å². The zero-order valence-corrected chi connectivity index (χ0v) is 12.6. The molecule has 0 atom stereocenters. The van der Waals surface area contributed by atoms with Crippen molar-refractivity contribution in [3.8, 4) is 5.75 Å². The van der Waals surface area contributed by atoms with Gasteiger partial charge in [0.1, 0.15) is 5.75 Å². The molecular weight excluding hydrogens is 286 g/mol. The Bertz CT molecular complexity index is 835. The Balaban J connectivity index is 2.03. The molecule has 0 unspecified atom stereocenters. The summed E-state index contributed by atoms with van der Waals surface area (Å²) in [6, 6.07) is 13.4. The Morgan fingerprint density at radius 2 is 2.05 bits per heavy atom. The lowest BCUT2D eigenvalue weighted by Gasteiger charge is -2.09. The molecule has 108 valence electrons. The number of aromatic nitrogens is 1. The van der Waals surface area contributed by atoms with E-state index in [1.807, 2.05) is 42.7 Å². The fourth-order valence-corrected chi connectivity index (χ4v) is 2.87. The summed E-state index contributed by atoms with van der Waals surface area (Å²) < 4.78 is 12.3. The molecule has 0 bridgehead atoms. The van der Waals surface area contributed by atoms with Crippen LogP contribution in [0.25, 0.3) is 11.1 Å². The SMILES string of the molecule is COc1cc(Cn2c(=O)oc3ccccc32)ccc1SC. The van der Waals surface area contributed by atoms with Gasteiger partial charge in [0.05, 0.1) is 19.2 Å². The van der Waals surface area contributed by atoms with Gasteiger partial charge in [-0.1, -0.05) is 18.2 Å². The summed E-state index contributed by atoms with van der Waals surface area (Å²) in [6.45, 7) is 0.459. The quantitative estimate of drug-likeness (QED) is 0.693. The molecule has 0 radical (unpaired) electrons. The molecule has 0 amide bonds. The predicted octanol–water partition coefficient (Wildman–Crippen LogP) is 3.37. The number of benzene rings is 2. The Kier molecular flexibility index (Phi) is 3.75. The van der Waals surface area contributed by atoms with E-state index in [1.165, 1.54) is 0 Å². The van der Waals surface area contributed by atoms with Gasteiger partial charge < -0.3 is 9.15 Å². The molecule has 21 heavy (non-hydrogen) atoms. The van der Waals surface area contributed by atoms with E-state index >= 15 is 0 Å². The van der Waals surface area contributed by atoms with Gasteiger partial charge in [0.15, 0.2) is 5.58 Å². The maximum absolute atomic E-state index is 12.0. The first-order valence-corrected chi connectivity index (χ1v) is 7.74. The molecular formula is C16H15NO3S. The molecule has 0 aliphatic rings. The summed E-state index contributed by atoms with van der Waals surface area (Å²) in [6.07, 6.45) is 2.01. The highest BCUT2D eigenvalue weighted by molar-refractivity contribution is 7.98. The summed E-state index contributed by atoms with van der Waals surface area (Å²) in [5.74, 6) is 0.477. The average Bonchev–Trinajstić information content (AvgIpc) is 2.83. The Labute approximate surface area is 126 Å². The number of thioether (sulfide) groups is 1. The zero-order valence-electron chi connectivity index (χ0n) is 11.8. The molecule has 3 rings (SSSR count). The topological polar surface area (TPSA) is 44.4 Å². The van der Waals surface area contributed by atoms with Crippen LogP contribution in [-0.4, -0.2) is 17.9 Å². The first kappa shape index (κ1) is 13.8. The smallest absolute Gasteiger partial charge is 0.420 e. The molecule has 2 aromatic carbocycles.